The van der Waals surface area contributed by atoms with E-state index in [0.717, 1.165) is 12.2 Å². The lowest BCUT2D eigenvalue weighted by molar-refractivity contribution is 0.303. The first-order valence-electron chi connectivity index (χ1n) is 8.60. The first kappa shape index (κ1) is 17.7. The molecule has 1 aromatic rings. The molecule has 0 spiro atoms. The summed E-state index contributed by atoms with van der Waals surface area (Å²) in [6.45, 7) is 9.28. The molecular weight excluding hydrogens is 280 g/mol. The van der Waals surface area contributed by atoms with E-state index in [1.54, 1.807) is 0 Å². The lowest BCUT2D eigenvalue weighted by Gasteiger charge is -2.28. The van der Waals surface area contributed by atoms with Gasteiger partial charge < -0.3 is 4.90 Å². The summed E-state index contributed by atoms with van der Waals surface area (Å²) in [4.78, 5) is 6.61. The molecule has 23 heavy (non-hydrogen) atoms. The number of nitrogens with zero attached hydrogens (tertiary/aromatic N) is 2. The SMILES string of the molecule is C=N/C(=C\C=C/C)[C@@H](C)C1c2ccccc2CC1CCN(C)C. The maximum atomic E-state index is 4.32. The molecule has 2 rings (SSSR count). The summed E-state index contributed by atoms with van der Waals surface area (Å²) in [6.07, 6.45) is 8.64. The number of fused-ring (bicyclic) bond motifs is 1. The van der Waals surface area contributed by atoms with Gasteiger partial charge in [0.15, 0.2) is 0 Å². The molecule has 0 radical (unpaired) electrons. The third-order valence-electron chi connectivity index (χ3n) is 5.00. The Labute approximate surface area is 141 Å². The predicted molar refractivity (Wildman–Crippen MR) is 101 cm³/mol. The van der Waals surface area contributed by atoms with Gasteiger partial charge in [0.25, 0.3) is 0 Å². The Kier molecular flexibility index (Phi) is 6.35. The van der Waals surface area contributed by atoms with Crippen LogP contribution in [0.2, 0.25) is 0 Å². The first-order chi connectivity index (χ1) is 11.1. The van der Waals surface area contributed by atoms with E-state index in [-0.39, 0.29) is 0 Å². The number of rotatable bonds is 7. The largest absolute Gasteiger partial charge is 0.309 e. The van der Waals surface area contributed by atoms with Crippen LogP contribution in [0.5, 0.6) is 0 Å². The molecule has 1 aliphatic rings. The summed E-state index contributed by atoms with van der Waals surface area (Å²) >= 11 is 0. The zero-order chi connectivity index (χ0) is 16.8. The van der Waals surface area contributed by atoms with Gasteiger partial charge >= 0.3 is 0 Å². The maximum Gasteiger partial charge on any atom is 0.0430 e. The predicted octanol–water partition coefficient (Wildman–Crippen LogP) is 4.69. The molecule has 0 N–H and O–H groups in total. The van der Waals surface area contributed by atoms with Gasteiger partial charge in [0.2, 0.25) is 0 Å². The van der Waals surface area contributed by atoms with E-state index >= 15 is 0 Å². The molecule has 1 aromatic carbocycles. The van der Waals surface area contributed by atoms with E-state index < -0.39 is 0 Å². The van der Waals surface area contributed by atoms with E-state index in [1.165, 1.54) is 24.0 Å². The van der Waals surface area contributed by atoms with Crippen LogP contribution in [0.1, 0.15) is 37.3 Å². The zero-order valence-corrected chi connectivity index (χ0v) is 15.0. The molecule has 0 saturated heterocycles. The summed E-state index contributed by atoms with van der Waals surface area (Å²) in [6, 6.07) is 8.94. The molecule has 0 amide bonds. The van der Waals surface area contributed by atoms with Crippen molar-refractivity contribution in [3.8, 4) is 0 Å². The summed E-state index contributed by atoms with van der Waals surface area (Å²) < 4.78 is 0. The van der Waals surface area contributed by atoms with Gasteiger partial charge in [-0.25, -0.2) is 0 Å². The smallest absolute Gasteiger partial charge is 0.0430 e. The fourth-order valence-corrected chi connectivity index (χ4v) is 3.82. The number of aliphatic imine (C=N–C) groups is 1. The van der Waals surface area contributed by atoms with Crippen molar-refractivity contribution < 1.29 is 0 Å². The average Bonchev–Trinajstić information content (AvgIpc) is 2.91. The highest BCUT2D eigenvalue weighted by molar-refractivity contribution is 5.40. The number of benzene rings is 1. The van der Waals surface area contributed by atoms with Crippen molar-refractivity contribution in [1.29, 1.82) is 0 Å². The molecule has 0 aliphatic heterocycles. The van der Waals surface area contributed by atoms with Crippen LogP contribution in [-0.4, -0.2) is 32.3 Å². The second kappa shape index (κ2) is 8.26. The average molecular weight is 310 g/mol. The van der Waals surface area contributed by atoms with E-state index in [1.807, 2.05) is 13.0 Å². The minimum absolute atomic E-state index is 0.388. The van der Waals surface area contributed by atoms with Gasteiger partial charge in [-0.15, -0.1) is 0 Å². The molecule has 0 fully saturated rings. The van der Waals surface area contributed by atoms with Crippen LogP contribution in [0.25, 0.3) is 0 Å². The molecule has 1 aliphatic carbocycles. The van der Waals surface area contributed by atoms with Crippen LogP contribution in [0, 0.1) is 11.8 Å². The number of allylic oxidation sites excluding steroid dienone is 4. The van der Waals surface area contributed by atoms with Crippen LogP contribution in [0.3, 0.4) is 0 Å². The maximum absolute atomic E-state index is 4.32. The van der Waals surface area contributed by atoms with Crippen molar-refractivity contribution in [2.45, 2.75) is 32.6 Å². The van der Waals surface area contributed by atoms with Crippen molar-refractivity contribution in [1.82, 2.24) is 4.90 Å². The van der Waals surface area contributed by atoms with Gasteiger partial charge in [-0.2, -0.15) is 0 Å². The van der Waals surface area contributed by atoms with E-state index in [4.69, 9.17) is 0 Å². The minimum atomic E-state index is 0.388. The fourth-order valence-electron chi connectivity index (χ4n) is 3.82. The van der Waals surface area contributed by atoms with Crippen LogP contribution in [0.15, 0.2) is 53.2 Å². The Bertz CT molecular complexity index is 583. The van der Waals surface area contributed by atoms with Crippen LogP contribution in [-0.2, 0) is 6.42 Å². The number of hydrogen-bond acceptors (Lipinski definition) is 2. The highest BCUT2D eigenvalue weighted by Crippen LogP contribution is 2.46. The van der Waals surface area contributed by atoms with Gasteiger partial charge in [0.1, 0.15) is 0 Å². The van der Waals surface area contributed by atoms with E-state index in [0.29, 0.717) is 17.8 Å². The van der Waals surface area contributed by atoms with Gasteiger partial charge in [0.05, 0.1) is 0 Å². The second-order valence-electron chi connectivity index (χ2n) is 6.84. The molecule has 124 valence electrons. The van der Waals surface area contributed by atoms with Crippen LogP contribution < -0.4 is 0 Å². The number of hydrogen-bond donors (Lipinski definition) is 0. The highest BCUT2D eigenvalue weighted by Gasteiger charge is 2.36. The second-order valence-corrected chi connectivity index (χ2v) is 6.84. The quantitative estimate of drug-likeness (QED) is 0.527. The molecule has 0 aromatic heterocycles. The normalized spacial score (nSPS) is 22.6. The van der Waals surface area contributed by atoms with Gasteiger partial charge in [-0.3, -0.25) is 4.99 Å². The molecule has 0 heterocycles. The molecule has 0 bridgehead atoms. The van der Waals surface area contributed by atoms with Crippen molar-refractivity contribution in [2.75, 3.05) is 20.6 Å². The monoisotopic (exact) mass is 310 g/mol. The van der Waals surface area contributed by atoms with Crippen LogP contribution in [0.4, 0.5) is 0 Å². The van der Waals surface area contributed by atoms with Gasteiger partial charge in [-0.1, -0.05) is 43.3 Å². The van der Waals surface area contributed by atoms with Crippen molar-refractivity contribution in [2.24, 2.45) is 16.8 Å². The first-order valence-corrected chi connectivity index (χ1v) is 8.60. The summed E-state index contributed by atoms with van der Waals surface area (Å²) in [5.74, 6) is 1.60. The summed E-state index contributed by atoms with van der Waals surface area (Å²) in [7, 11) is 4.31. The van der Waals surface area contributed by atoms with Crippen molar-refractivity contribution >= 4 is 6.72 Å². The molecule has 2 nitrogen and oxygen atoms in total. The Morgan fingerprint density at radius 1 is 1.39 bits per heavy atom. The van der Waals surface area contributed by atoms with Crippen LogP contribution >= 0.6 is 0 Å². The Balaban J connectivity index is 2.30. The highest BCUT2D eigenvalue weighted by atomic mass is 15.0. The zero-order valence-electron chi connectivity index (χ0n) is 15.0. The standard InChI is InChI=1S/C21H30N2/c1-6-7-12-20(22-3)16(2)21-18(13-14-23(4)5)15-17-10-8-9-11-19(17)21/h6-12,16,18,21H,3,13-15H2,1-2,4-5H3/b7-6-,20-12-/t16-,18?,21?/m1/s1. The molecular formula is C21H30N2. The minimum Gasteiger partial charge on any atom is -0.309 e. The summed E-state index contributed by atoms with van der Waals surface area (Å²) in [5.41, 5.74) is 4.13. The molecule has 0 saturated carbocycles. The molecule has 2 heteroatoms. The van der Waals surface area contributed by atoms with Crippen molar-refractivity contribution in [3.05, 3.63) is 59.3 Å². The Hall–Kier alpha value is -1.67. The summed E-state index contributed by atoms with van der Waals surface area (Å²) in [5, 5.41) is 0. The Morgan fingerprint density at radius 3 is 2.78 bits per heavy atom. The Morgan fingerprint density at radius 2 is 2.13 bits per heavy atom. The van der Waals surface area contributed by atoms with Gasteiger partial charge in [-0.05, 0) is 76.2 Å². The third-order valence-corrected chi connectivity index (χ3v) is 5.00. The lowest BCUT2D eigenvalue weighted by atomic mass is 9.79. The van der Waals surface area contributed by atoms with E-state index in [9.17, 15) is 0 Å². The topological polar surface area (TPSA) is 15.6 Å². The molecule has 2 unspecified atom stereocenters. The van der Waals surface area contributed by atoms with Crippen molar-refractivity contribution in [3.63, 3.8) is 0 Å². The molecule has 3 atom stereocenters. The van der Waals surface area contributed by atoms with Gasteiger partial charge in [0, 0.05) is 11.6 Å². The van der Waals surface area contributed by atoms with E-state index in [2.05, 4.69) is 74.0 Å². The third kappa shape index (κ3) is 4.20. The lowest BCUT2D eigenvalue weighted by Crippen LogP contribution is -2.22. The fraction of sp³-hybridized carbons (Fsp3) is 0.476.